The Morgan fingerprint density at radius 1 is 1.43 bits per heavy atom. The zero-order valence-electron chi connectivity index (χ0n) is 13.4. The van der Waals surface area contributed by atoms with E-state index in [1.165, 1.54) is 0 Å². The molecule has 0 aliphatic rings. The van der Waals surface area contributed by atoms with Crippen molar-refractivity contribution in [2.45, 2.75) is 53.1 Å². The number of nitrogens with zero attached hydrogens (tertiary/aromatic N) is 1. The van der Waals surface area contributed by atoms with E-state index >= 15 is 0 Å². The zero-order valence-corrected chi connectivity index (χ0v) is 13.4. The van der Waals surface area contributed by atoms with Crippen molar-refractivity contribution in [3.63, 3.8) is 0 Å². The van der Waals surface area contributed by atoms with E-state index in [4.69, 9.17) is 0 Å². The van der Waals surface area contributed by atoms with Gasteiger partial charge in [-0.1, -0.05) is 13.8 Å². The molecule has 0 spiro atoms. The maximum atomic E-state index is 12.0. The van der Waals surface area contributed by atoms with Crippen LogP contribution in [-0.4, -0.2) is 33.1 Å². The number of aromatic amines is 1. The van der Waals surface area contributed by atoms with Crippen LogP contribution in [0.2, 0.25) is 0 Å². The number of H-pyrrole nitrogens is 1. The lowest BCUT2D eigenvalue weighted by molar-refractivity contribution is 0.0428. The van der Waals surface area contributed by atoms with Crippen LogP contribution in [-0.2, 0) is 0 Å². The lowest BCUT2D eigenvalue weighted by Gasteiger charge is -2.24. The summed E-state index contributed by atoms with van der Waals surface area (Å²) in [5, 5.41) is 12.8. The first-order valence-electron chi connectivity index (χ1n) is 7.20. The van der Waals surface area contributed by atoms with Gasteiger partial charge in [-0.15, -0.1) is 0 Å². The molecule has 3 N–H and O–H groups in total. The molecule has 1 amide bonds. The van der Waals surface area contributed by atoms with E-state index in [-0.39, 0.29) is 12.2 Å². The molecule has 6 nitrogen and oxygen atoms in total. The third-order valence-corrected chi connectivity index (χ3v) is 3.44. The molecule has 21 heavy (non-hydrogen) atoms. The molecule has 1 rings (SSSR count). The SMILES string of the molecule is Cc1nc(C(=O)NCC(C)(O)CCC(C)C)c(=O)[nH]c1C. The topological polar surface area (TPSA) is 95.1 Å². The van der Waals surface area contributed by atoms with Crippen molar-refractivity contribution in [2.75, 3.05) is 6.54 Å². The summed E-state index contributed by atoms with van der Waals surface area (Å²) < 4.78 is 0. The number of carbonyl (C=O) groups excluding carboxylic acids is 1. The molecular weight excluding hydrogens is 270 g/mol. The predicted octanol–water partition coefficient (Wildman–Crippen LogP) is 1.30. The Bertz CT molecular complexity index is 562. The van der Waals surface area contributed by atoms with Gasteiger partial charge in [-0.25, -0.2) is 4.98 Å². The Kier molecular flexibility index (Phi) is 5.66. The number of rotatable bonds is 6. The van der Waals surface area contributed by atoms with Gasteiger partial charge in [-0.3, -0.25) is 9.59 Å². The van der Waals surface area contributed by atoms with Crippen LogP contribution in [0.15, 0.2) is 4.79 Å². The minimum Gasteiger partial charge on any atom is -0.388 e. The predicted molar refractivity (Wildman–Crippen MR) is 81.4 cm³/mol. The van der Waals surface area contributed by atoms with E-state index in [0.29, 0.717) is 23.7 Å². The van der Waals surface area contributed by atoms with E-state index in [9.17, 15) is 14.7 Å². The first kappa shape index (κ1) is 17.4. The highest BCUT2D eigenvalue weighted by Crippen LogP contribution is 2.15. The number of aryl methyl sites for hydroxylation is 2. The van der Waals surface area contributed by atoms with Crippen molar-refractivity contribution in [2.24, 2.45) is 5.92 Å². The van der Waals surface area contributed by atoms with Crippen LogP contribution in [0, 0.1) is 19.8 Å². The lowest BCUT2D eigenvalue weighted by Crippen LogP contribution is -2.42. The third-order valence-electron chi connectivity index (χ3n) is 3.44. The number of amides is 1. The molecule has 0 radical (unpaired) electrons. The molecule has 0 saturated carbocycles. The van der Waals surface area contributed by atoms with Crippen LogP contribution in [0.3, 0.4) is 0 Å². The second-order valence-corrected chi connectivity index (χ2v) is 6.24. The summed E-state index contributed by atoms with van der Waals surface area (Å²) in [6.07, 6.45) is 1.45. The van der Waals surface area contributed by atoms with Gasteiger partial charge >= 0.3 is 0 Å². The first-order chi connectivity index (χ1) is 9.62. The third kappa shape index (κ3) is 5.30. The number of aromatic nitrogens is 2. The van der Waals surface area contributed by atoms with Crippen LogP contribution in [0.1, 0.15) is 55.5 Å². The standard InChI is InChI=1S/C15H25N3O3/c1-9(2)6-7-15(5,21)8-16-13(19)12-14(20)18-11(4)10(3)17-12/h9,21H,6-8H2,1-5H3,(H,16,19)(H,18,20). The van der Waals surface area contributed by atoms with Crippen molar-refractivity contribution >= 4 is 5.91 Å². The number of hydrogen-bond acceptors (Lipinski definition) is 4. The van der Waals surface area contributed by atoms with Gasteiger partial charge in [0, 0.05) is 12.2 Å². The van der Waals surface area contributed by atoms with Gasteiger partial charge in [-0.05, 0) is 39.5 Å². The van der Waals surface area contributed by atoms with Gasteiger partial charge in [0.25, 0.3) is 11.5 Å². The largest absolute Gasteiger partial charge is 0.388 e. The molecule has 6 heteroatoms. The van der Waals surface area contributed by atoms with E-state index in [0.717, 1.165) is 6.42 Å². The second-order valence-electron chi connectivity index (χ2n) is 6.24. The van der Waals surface area contributed by atoms with Gasteiger partial charge in [0.2, 0.25) is 0 Å². The quantitative estimate of drug-likeness (QED) is 0.737. The van der Waals surface area contributed by atoms with E-state index in [1.54, 1.807) is 20.8 Å². The Hall–Kier alpha value is -1.69. The maximum absolute atomic E-state index is 12.0. The van der Waals surface area contributed by atoms with Crippen LogP contribution in [0.4, 0.5) is 0 Å². The van der Waals surface area contributed by atoms with Gasteiger partial charge < -0.3 is 15.4 Å². The molecular formula is C15H25N3O3. The average molecular weight is 295 g/mol. The number of carbonyl (C=O) groups is 1. The monoisotopic (exact) mass is 295 g/mol. The molecule has 0 aromatic carbocycles. The van der Waals surface area contributed by atoms with Crippen molar-refractivity contribution in [1.29, 1.82) is 0 Å². The fraction of sp³-hybridized carbons (Fsp3) is 0.667. The summed E-state index contributed by atoms with van der Waals surface area (Å²) in [5.41, 5.74) is -0.436. The van der Waals surface area contributed by atoms with E-state index < -0.39 is 17.1 Å². The Labute approximate surface area is 125 Å². The number of nitrogens with one attached hydrogen (secondary N) is 2. The fourth-order valence-corrected chi connectivity index (χ4v) is 1.82. The highest BCUT2D eigenvalue weighted by molar-refractivity contribution is 5.91. The fourth-order valence-electron chi connectivity index (χ4n) is 1.82. The van der Waals surface area contributed by atoms with Crippen molar-refractivity contribution in [3.8, 4) is 0 Å². The molecule has 0 aliphatic carbocycles. The smallest absolute Gasteiger partial charge is 0.279 e. The van der Waals surface area contributed by atoms with Gasteiger partial charge in [0.05, 0.1) is 11.3 Å². The molecule has 0 saturated heterocycles. The van der Waals surface area contributed by atoms with Crippen LogP contribution < -0.4 is 10.9 Å². The number of aliphatic hydroxyl groups is 1. The Morgan fingerprint density at radius 3 is 2.62 bits per heavy atom. The molecule has 0 fully saturated rings. The van der Waals surface area contributed by atoms with Crippen LogP contribution >= 0.6 is 0 Å². The summed E-state index contributed by atoms with van der Waals surface area (Å²) in [5.74, 6) is -0.0828. The molecule has 0 bridgehead atoms. The van der Waals surface area contributed by atoms with E-state index in [1.807, 2.05) is 0 Å². The summed E-state index contributed by atoms with van der Waals surface area (Å²) in [6.45, 7) is 9.36. The Morgan fingerprint density at radius 2 is 2.05 bits per heavy atom. The molecule has 0 aliphatic heterocycles. The molecule has 1 atom stereocenters. The zero-order chi connectivity index (χ0) is 16.2. The molecule has 1 heterocycles. The minimum atomic E-state index is -0.994. The summed E-state index contributed by atoms with van der Waals surface area (Å²) in [6, 6.07) is 0. The van der Waals surface area contributed by atoms with Gasteiger partial charge in [0.15, 0.2) is 5.69 Å². The summed E-state index contributed by atoms with van der Waals surface area (Å²) in [7, 11) is 0. The molecule has 1 aromatic heterocycles. The highest BCUT2D eigenvalue weighted by Gasteiger charge is 2.23. The van der Waals surface area contributed by atoms with Crippen LogP contribution in [0.5, 0.6) is 0 Å². The normalized spacial score (nSPS) is 14.0. The number of hydrogen-bond donors (Lipinski definition) is 3. The van der Waals surface area contributed by atoms with Crippen molar-refractivity contribution in [3.05, 3.63) is 27.4 Å². The first-order valence-corrected chi connectivity index (χ1v) is 7.20. The molecule has 118 valence electrons. The van der Waals surface area contributed by atoms with Gasteiger partial charge in [-0.2, -0.15) is 0 Å². The maximum Gasteiger partial charge on any atom is 0.279 e. The summed E-state index contributed by atoms with van der Waals surface area (Å²) in [4.78, 5) is 30.3. The van der Waals surface area contributed by atoms with Crippen molar-refractivity contribution in [1.82, 2.24) is 15.3 Å². The second kappa shape index (κ2) is 6.85. The Balaban J connectivity index is 2.70. The van der Waals surface area contributed by atoms with E-state index in [2.05, 4.69) is 29.1 Å². The van der Waals surface area contributed by atoms with Crippen LogP contribution in [0.25, 0.3) is 0 Å². The minimum absolute atomic E-state index is 0.0899. The lowest BCUT2D eigenvalue weighted by atomic mass is 9.95. The molecule has 1 unspecified atom stereocenters. The van der Waals surface area contributed by atoms with Gasteiger partial charge in [0.1, 0.15) is 0 Å². The summed E-state index contributed by atoms with van der Waals surface area (Å²) >= 11 is 0. The van der Waals surface area contributed by atoms with Crippen molar-refractivity contribution < 1.29 is 9.90 Å². The average Bonchev–Trinajstić information content (AvgIpc) is 2.38. The highest BCUT2D eigenvalue weighted by atomic mass is 16.3. The molecule has 1 aromatic rings.